The van der Waals surface area contributed by atoms with Gasteiger partial charge in [0.15, 0.2) is 0 Å². The van der Waals surface area contributed by atoms with E-state index in [9.17, 15) is 0 Å². The molecule has 0 radical (unpaired) electrons. The third-order valence-corrected chi connectivity index (χ3v) is 0.0430. The molecule has 3 nitrogen and oxygen atoms in total. The van der Waals surface area contributed by atoms with E-state index in [0.29, 0.717) is 0 Å². The van der Waals surface area contributed by atoms with E-state index in [4.69, 9.17) is 10.1 Å². The monoisotopic (exact) mass is 196 g/mol. The minimum atomic E-state index is -0.0694. The van der Waals surface area contributed by atoms with Crippen LogP contribution in [0.3, 0.4) is 0 Å². The summed E-state index contributed by atoms with van der Waals surface area (Å²) in [5.74, 6) is 0. The van der Waals surface area contributed by atoms with Gasteiger partial charge in [-0.3, -0.25) is 4.79 Å². The first-order valence-corrected chi connectivity index (χ1v) is 0.654. The van der Waals surface area contributed by atoms with Gasteiger partial charge in [-0.15, -0.1) is 0 Å². The molecule has 0 aliphatic heterocycles. The SMILES string of the molecule is O=COO.[CsH]. The molecule has 26 valence electrons. The predicted octanol–water partition coefficient (Wildman–Crippen LogP) is -1.02. The number of rotatable bonds is 1. The van der Waals surface area contributed by atoms with Gasteiger partial charge in [0.25, 0.3) is 0 Å². The maximum absolute atomic E-state index is 8.70. The van der Waals surface area contributed by atoms with E-state index < -0.39 is 0 Å². The second-order valence-corrected chi connectivity index (χ2v) is 0.202. The van der Waals surface area contributed by atoms with Crippen LogP contribution >= 0.6 is 0 Å². The molecule has 0 spiro atoms. The van der Waals surface area contributed by atoms with Crippen LogP contribution < -0.4 is 0 Å². The maximum atomic E-state index is 8.70. The molecule has 0 heterocycles. The Balaban J connectivity index is 0. The summed E-state index contributed by atoms with van der Waals surface area (Å²) in [7, 11) is 0. The Morgan fingerprint density at radius 1 is 1.80 bits per heavy atom. The average Bonchev–Trinajstić information content (AvgIpc) is 1.37. The van der Waals surface area contributed by atoms with Crippen molar-refractivity contribution in [2.24, 2.45) is 0 Å². The van der Waals surface area contributed by atoms with E-state index in [1.54, 1.807) is 0 Å². The summed E-state index contributed by atoms with van der Waals surface area (Å²) in [5.41, 5.74) is 0. The Hall–Kier alpha value is 1.48. The number of carbonyl (C=O) groups is 1. The fraction of sp³-hybridized carbons (Fsp3) is 0. The van der Waals surface area contributed by atoms with Gasteiger partial charge in [-0.25, -0.2) is 5.26 Å². The minimum absolute atomic E-state index is 0. The summed E-state index contributed by atoms with van der Waals surface area (Å²) in [6.07, 6.45) is 0. The van der Waals surface area contributed by atoms with Gasteiger partial charge in [0.1, 0.15) is 0 Å². The van der Waals surface area contributed by atoms with E-state index in [0.717, 1.165) is 0 Å². The van der Waals surface area contributed by atoms with Crippen molar-refractivity contribution in [1.29, 1.82) is 0 Å². The van der Waals surface area contributed by atoms with Crippen LogP contribution in [-0.2, 0) is 9.68 Å². The molecule has 5 heavy (non-hydrogen) atoms. The summed E-state index contributed by atoms with van der Waals surface area (Å²) < 4.78 is 0. The third-order valence-electron chi connectivity index (χ3n) is 0.0430. The van der Waals surface area contributed by atoms with Crippen LogP contribution in [0.4, 0.5) is 0 Å². The fourth-order valence-corrected chi connectivity index (χ4v) is 0. The molecule has 0 rings (SSSR count). The van der Waals surface area contributed by atoms with E-state index in [1.807, 2.05) is 0 Å². The quantitative estimate of drug-likeness (QED) is 0.331. The summed E-state index contributed by atoms with van der Waals surface area (Å²) in [6, 6.07) is 0. The van der Waals surface area contributed by atoms with Crippen molar-refractivity contribution in [1.82, 2.24) is 0 Å². The summed E-state index contributed by atoms with van der Waals surface area (Å²) in [5, 5.41) is 7.01. The van der Waals surface area contributed by atoms with E-state index in [1.165, 1.54) is 0 Å². The van der Waals surface area contributed by atoms with Gasteiger partial charge in [-0.05, 0) is 0 Å². The molecule has 0 aromatic heterocycles. The van der Waals surface area contributed by atoms with Crippen LogP contribution in [0, 0.1) is 0 Å². The van der Waals surface area contributed by atoms with Crippen LogP contribution in [-0.4, -0.2) is 80.6 Å². The van der Waals surface area contributed by atoms with E-state index in [-0.39, 0.29) is 75.4 Å². The van der Waals surface area contributed by atoms with Gasteiger partial charge in [0, 0.05) is 0 Å². The first kappa shape index (κ1) is 9.70. The summed E-state index contributed by atoms with van der Waals surface area (Å²) >= 11 is 0. The number of carbonyl (C=O) groups excluding carboxylic acids is 1. The molecular weight excluding hydrogens is 193 g/mol. The van der Waals surface area contributed by atoms with Crippen molar-refractivity contribution in [3.05, 3.63) is 0 Å². The van der Waals surface area contributed by atoms with Crippen molar-refractivity contribution in [3.8, 4) is 0 Å². The first-order valence-electron chi connectivity index (χ1n) is 0.654. The normalized spacial score (nSPS) is 4.20. The molecule has 4 heteroatoms. The summed E-state index contributed by atoms with van der Waals surface area (Å²) in [6.45, 7) is -0.0694. The van der Waals surface area contributed by atoms with Gasteiger partial charge >= 0.3 is 75.4 Å². The Bertz CT molecular complexity index is 20.9. The zero-order chi connectivity index (χ0) is 3.41. The Labute approximate surface area is 88.0 Å². The Morgan fingerprint density at radius 2 is 2.00 bits per heavy atom. The first-order chi connectivity index (χ1) is 1.91. The van der Waals surface area contributed by atoms with Crippen molar-refractivity contribution in [3.63, 3.8) is 0 Å². The van der Waals surface area contributed by atoms with Gasteiger partial charge < -0.3 is 4.89 Å². The molecule has 1 N–H and O–H groups in total. The molecule has 0 saturated carbocycles. The number of hydrogen-bond donors (Lipinski definition) is 1. The molecular formula is CH3CsO3. The van der Waals surface area contributed by atoms with Crippen molar-refractivity contribution in [2.45, 2.75) is 0 Å². The second-order valence-electron chi connectivity index (χ2n) is 0.202. The van der Waals surface area contributed by atoms with Crippen LogP contribution in [0.5, 0.6) is 0 Å². The molecule has 0 aromatic carbocycles. The molecule has 0 saturated heterocycles. The summed E-state index contributed by atoms with van der Waals surface area (Å²) in [4.78, 5) is 11.6. The molecule has 0 amide bonds. The Kier molecular flexibility index (Phi) is 17.6. The second kappa shape index (κ2) is 9.08. The molecule has 0 aliphatic rings. The molecule has 0 aliphatic carbocycles. The Morgan fingerprint density at radius 3 is 2.00 bits per heavy atom. The van der Waals surface area contributed by atoms with E-state index in [2.05, 4.69) is 4.89 Å². The topological polar surface area (TPSA) is 46.5 Å². The van der Waals surface area contributed by atoms with E-state index >= 15 is 0 Å². The van der Waals surface area contributed by atoms with Gasteiger partial charge in [-0.1, -0.05) is 0 Å². The molecule has 0 atom stereocenters. The predicted molar refractivity (Wildman–Crippen MR) is 16.9 cm³/mol. The zero-order valence-electron chi connectivity index (χ0n) is 1.84. The van der Waals surface area contributed by atoms with Crippen molar-refractivity contribution in [2.75, 3.05) is 0 Å². The van der Waals surface area contributed by atoms with Crippen LogP contribution in [0.2, 0.25) is 0 Å². The molecule has 0 fully saturated rings. The van der Waals surface area contributed by atoms with Crippen molar-refractivity contribution < 1.29 is 14.9 Å². The van der Waals surface area contributed by atoms with Crippen molar-refractivity contribution >= 4 is 75.4 Å². The molecule has 0 bridgehead atoms. The number of hydrogen-bond acceptors (Lipinski definition) is 3. The standard InChI is InChI=1S/CH2O3.Cs.H/c2-1-4-3;;/h1,3H;;. The third kappa shape index (κ3) is 10.8. The van der Waals surface area contributed by atoms with Gasteiger partial charge in [-0.2, -0.15) is 0 Å². The van der Waals surface area contributed by atoms with Crippen LogP contribution in [0.25, 0.3) is 0 Å². The van der Waals surface area contributed by atoms with Gasteiger partial charge in [0.05, 0.1) is 0 Å². The van der Waals surface area contributed by atoms with Crippen LogP contribution in [0.1, 0.15) is 0 Å². The zero-order valence-corrected chi connectivity index (χ0v) is 1.84. The van der Waals surface area contributed by atoms with Crippen LogP contribution in [0.15, 0.2) is 0 Å². The molecule has 0 aromatic rings. The van der Waals surface area contributed by atoms with Gasteiger partial charge in [0.2, 0.25) is 0 Å². The fourth-order valence-electron chi connectivity index (χ4n) is 0. The molecule has 0 unspecified atom stereocenters. The average molecular weight is 196 g/mol.